The molecule has 3 nitrogen and oxygen atoms in total. The van der Waals surface area contributed by atoms with Crippen LogP contribution >= 0.6 is 15.9 Å². The Bertz CT molecular complexity index is 469. The van der Waals surface area contributed by atoms with Crippen LogP contribution in [0, 0.1) is 0 Å². The number of nitrogens with zero attached hydrogens (tertiary/aromatic N) is 1. The monoisotopic (exact) mass is 294 g/mol. The Hall–Kier alpha value is -1.13. The fourth-order valence-electron chi connectivity index (χ4n) is 1.77. The molecule has 2 heterocycles. The van der Waals surface area contributed by atoms with Gasteiger partial charge >= 0.3 is 0 Å². The molecule has 2 aromatic rings. The highest BCUT2D eigenvalue weighted by Gasteiger charge is 2.13. The van der Waals surface area contributed by atoms with E-state index in [0.717, 1.165) is 10.4 Å². The fourth-order valence-corrected chi connectivity index (χ4v) is 2.09. The zero-order chi connectivity index (χ0) is 12.3. The summed E-state index contributed by atoms with van der Waals surface area (Å²) >= 11 is 3.31. The average Bonchev–Trinajstić information content (AvgIpc) is 2.77. The number of hydrogen-bond donors (Lipinski definition) is 1. The summed E-state index contributed by atoms with van der Waals surface area (Å²) in [5.74, 6) is 0.929. The Kier molecular flexibility index (Phi) is 3.97. The summed E-state index contributed by atoms with van der Waals surface area (Å²) in [6.45, 7) is 4.22. The van der Waals surface area contributed by atoms with Crippen molar-refractivity contribution >= 4 is 15.9 Å². The molecule has 0 aliphatic rings. The van der Waals surface area contributed by atoms with E-state index in [1.807, 2.05) is 36.7 Å². The van der Waals surface area contributed by atoms with Crippen LogP contribution in [0.4, 0.5) is 0 Å². The molecule has 1 unspecified atom stereocenters. The van der Waals surface area contributed by atoms with Crippen molar-refractivity contribution < 1.29 is 4.42 Å². The SMILES string of the molecule is CC(N[C@H](C)c1ccncc1)c1ccc(Br)o1. The van der Waals surface area contributed by atoms with Crippen molar-refractivity contribution in [3.05, 3.63) is 52.7 Å². The zero-order valence-corrected chi connectivity index (χ0v) is 11.4. The highest BCUT2D eigenvalue weighted by molar-refractivity contribution is 9.10. The maximum Gasteiger partial charge on any atom is 0.169 e. The second-order valence-electron chi connectivity index (χ2n) is 4.03. The zero-order valence-electron chi connectivity index (χ0n) is 9.85. The number of halogens is 1. The van der Waals surface area contributed by atoms with Crippen molar-refractivity contribution in [2.24, 2.45) is 0 Å². The summed E-state index contributed by atoms with van der Waals surface area (Å²) in [6, 6.07) is 8.35. The topological polar surface area (TPSA) is 38.1 Å². The Labute approximate surface area is 109 Å². The molecule has 1 N–H and O–H groups in total. The van der Waals surface area contributed by atoms with Crippen molar-refractivity contribution in [3.8, 4) is 0 Å². The van der Waals surface area contributed by atoms with Gasteiger partial charge in [-0.2, -0.15) is 0 Å². The molecule has 0 aliphatic carbocycles. The minimum Gasteiger partial charge on any atom is -0.453 e. The van der Waals surface area contributed by atoms with Gasteiger partial charge in [0.05, 0.1) is 6.04 Å². The van der Waals surface area contributed by atoms with Gasteiger partial charge in [0.2, 0.25) is 0 Å². The first-order valence-electron chi connectivity index (χ1n) is 5.58. The molecule has 0 fully saturated rings. The number of furan rings is 1. The lowest BCUT2D eigenvalue weighted by Crippen LogP contribution is -2.22. The van der Waals surface area contributed by atoms with E-state index in [4.69, 9.17) is 4.42 Å². The van der Waals surface area contributed by atoms with E-state index in [0.29, 0.717) is 0 Å². The van der Waals surface area contributed by atoms with Crippen LogP contribution in [-0.4, -0.2) is 4.98 Å². The Morgan fingerprint density at radius 2 is 1.82 bits per heavy atom. The van der Waals surface area contributed by atoms with Gasteiger partial charge < -0.3 is 9.73 Å². The quantitative estimate of drug-likeness (QED) is 0.931. The molecule has 2 aromatic heterocycles. The molecule has 0 amide bonds. The fraction of sp³-hybridized carbons (Fsp3) is 0.308. The summed E-state index contributed by atoms with van der Waals surface area (Å²) in [5.41, 5.74) is 1.22. The van der Waals surface area contributed by atoms with Crippen LogP contribution in [0.15, 0.2) is 45.7 Å². The van der Waals surface area contributed by atoms with Crippen LogP contribution in [0.25, 0.3) is 0 Å². The molecular formula is C13H15BrN2O. The number of rotatable bonds is 4. The highest BCUT2D eigenvalue weighted by Crippen LogP contribution is 2.22. The highest BCUT2D eigenvalue weighted by atomic mass is 79.9. The summed E-state index contributed by atoms with van der Waals surface area (Å²) in [4.78, 5) is 4.02. The molecule has 2 atom stereocenters. The predicted octanol–water partition coefficient (Wildman–Crippen LogP) is 3.85. The second kappa shape index (κ2) is 5.47. The van der Waals surface area contributed by atoms with E-state index in [9.17, 15) is 0 Å². The molecule has 4 heteroatoms. The third-order valence-corrected chi connectivity index (χ3v) is 3.15. The van der Waals surface area contributed by atoms with E-state index in [1.165, 1.54) is 5.56 Å². The molecule has 0 saturated carbocycles. The van der Waals surface area contributed by atoms with E-state index in [1.54, 1.807) is 0 Å². The summed E-state index contributed by atoms with van der Waals surface area (Å²) < 4.78 is 6.29. The van der Waals surface area contributed by atoms with E-state index in [-0.39, 0.29) is 12.1 Å². The van der Waals surface area contributed by atoms with Gasteiger partial charge in [0.25, 0.3) is 0 Å². The molecule has 0 aliphatic heterocycles. The Balaban J connectivity index is 2.02. The van der Waals surface area contributed by atoms with Crippen molar-refractivity contribution in [3.63, 3.8) is 0 Å². The molecule has 2 rings (SSSR count). The molecule has 0 saturated heterocycles. The van der Waals surface area contributed by atoms with Gasteiger partial charge in [-0.05, 0) is 59.6 Å². The Morgan fingerprint density at radius 1 is 1.12 bits per heavy atom. The van der Waals surface area contributed by atoms with Gasteiger partial charge in [-0.25, -0.2) is 0 Å². The standard InChI is InChI=1S/C13H15BrN2O/c1-9(11-5-7-15-8-6-11)16-10(2)12-3-4-13(14)17-12/h3-10,16H,1-2H3/t9-,10?/m1/s1. The second-order valence-corrected chi connectivity index (χ2v) is 4.81. The van der Waals surface area contributed by atoms with Gasteiger partial charge in [-0.1, -0.05) is 0 Å². The first kappa shape index (κ1) is 12.3. The third kappa shape index (κ3) is 3.17. The number of hydrogen-bond acceptors (Lipinski definition) is 3. The van der Waals surface area contributed by atoms with Crippen LogP contribution in [0.5, 0.6) is 0 Å². The predicted molar refractivity (Wildman–Crippen MR) is 70.6 cm³/mol. The van der Waals surface area contributed by atoms with Gasteiger partial charge in [0.15, 0.2) is 4.67 Å². The summed E-state index contributed by atoms with van der Waals surface area (Å²) in [5, 5.41) is 3.48. The van der Waals surface area contributed by atoms with Crippen LogP contribution in [-0.2, 0) is 0 Å². The molecule has 0 radical (unpaired) electrons. The van der Waals surface area contributed by atoms with E-state index >= 15 is 0 Å². The van der Waals surface area contributed by atoms with Crippen molar-refractivity contribution in [2.45, 2.75) is 25.9 Å². The van der Waals surface area contributed by atoms with Crippen molar-refractivity contribution in [1.82, 2.24) is 10.3 Å². The maximum atomic E-state index is 5.52. The first-order chi connectivity index (χ1) is 8.16. The van der Waals surface area contributed by atoms with Gasteiger partial charge in [-0.3, -0.25) is 4.98 Å². The molecule has 0 aromatic carbocycles. The smallest absolute Gasteiger partial charge is 0.169 e. The summed E-state index contributed by atoms with van der Waals surface area (Å²) in [6.07, 6.45) is 3.61. The average molecular weight is 295 g/mol. The normalized spacial score (nSPS) is 14.5. The first-order valence-corrected chi connectivity index (χ1v) is 6.37. The number of nitrogens with one attached hydrogen (secondary N) is 1. The lowest BCUT2D eigenvalue weighted by atomic mass is 10.1. The van der Waals surface area contributed by atoms with Crippen molar-refractivity contribution in [1.29, 1.82) is 0 Å². The third-order valence-electron chi connectivity index (χ3n) is 2.73. The molecule has 17 heavy (non-hydrogen) atoms. The van der Waals surface area contributed by atoms with Crippen molar-refractivity contribution in [2.75, 3.05) is 0 Å². The van der Waals surface area contributed by atoms with Crippen LogP contribution < -0.4 is 5.32 Å². The lowest BCUT2D eigenvalue weighted by molar-refractivity contribution is 0.394. The molecular weight excluding hydrogens is 280 g/mol. The minimum atomic E-state index is 0.171. The van der Waals surface area contributed by atoms with Gasteiger partial charge in [0, 0.05) is 18.4 Å². The molecule has 90 valence electrons. The van der Waals surface area contributed by atoms with Gasteiger partial charge in [0.1, 0.15) is 5.76 Å². The maximum absolute atomic E-state index is 5.52. The number of aromatic nitrogens is 1. The van der Waals surface area contributed by atoms with Crippen LogP contribution in [0.3, 0.4) is 0 Å². The van der Waals surface area contributed by atoms with Crippen LogP contribution in [0.2, 0.25) is 0 Å². The largest absolute Gasteiger partial charge is 0.453 e. The van der Waals surface area contributed by atoms with E-state index < -0.39 is 0 Å². The molecule has 0 bridgehead atoms. The van der Waals surface area contributed by atoms with Crippen LogP contribution in [0.1, 0.15) is 37.3 Å². The van der Waals surface area contributed by atoms with Gasteiger partial charge in [-0.15, -0.1) is 0 Å². The number of pyridine rings is 1. The lowest BCUT2D eigenvalue weighted by Gasteiger charge is -2.18. The minimum absolute atomic E-state index is 0.171. The molecule has 0 spiro atoms. The summed E-state index contributed by atoms with van der Waals surface area (Å²) in [7, 11) is 0. The Morgan fingerprint density at radius 3 is 2.41 bits per heavy atom. The van der Waals surface area contributed by atoms with E-state index in [2.05, 4.69) is 40.1 Å².